The molecule has 1 aromatic carbocycles. The molecule has 0 unspecified atom stereocenters. The lowest BCUT2D eigenvalue weighted by Crippen LogP contribution is -2.33. The summed E-state index contributed by atoms with van der Waals surface area (Å²) in [6.07, 6.45) is 0.355. The molecule has 5 nitrogen and oxygen atoms in total. The Morgan fingerprint density at radius 1 is 1.10 bits per heavy atom. The number of hydrogen-bond donors (Lipinski definition) is 1. The predicted molar refractivity (Wildman–Crippen MR) is 84.8 cm³/mol. The van der Waals surface area contributed by atoms with Crippen molar-refractivity contribution in [3.63, 3.8) is 0 Å². The molecule has 1 aromatic rings. The monoisotopic (exact) mass is 292 g/mol. The van der Waals surface area contributed by atoms with Crippen LogP contribution in [-0.2, 0) is 9.59 Å². The van der Waals surface area contributed by atoms with Gasteiger partial charge in [0.2, 0.25) is 5.91 Å². The first kappa shape index (κ1) is 17.0. The minimum atomic E-state index is -0.901. The van der Waals surface area contributed by atoms with Crippen molar-refractivity contribution in [3.8, 4) is 0 Å². The van der Waals surface area contributed by atoms with Gasteiger partial charge in [0.1, 0.15) is 0 Å². The summed E-state index contributed by atoms with van der Waals surface area (Å²) in [4.78, 5) is 26.6. The number of nitrogens with zero attached hydrogens (tertiary/aromatic N) is 2. The molecule has 21 heavy (non-hydrogen) atoms. The first-order chi connectivity index (χ1) is 9.81. The molecular weight excluding hydrogens is 268 g/mol. The predicted octanol–water partition coefficient (Wildman–Crippen LogP) is 2.61. The summed E-state index contributed by atoms with van der Waals surface area (Å²) >= 11 is 0. The largest absolute Gasteiger partial charge is 0.481 e. The second-order valence-corrected chi connectivity index (χ2v) is 5.70. The Hall–Kier alpha value is -2.04. The van der Waals surface area contributed by atoms with E-state index in [1.807, 2.05) is 57.1 Å². The lowest BCUT2D eigenvalue weighted by atomic mass is 10.1. The number of carbonyl (C=O) groups is 2. The molecule has 0 atom stereocenters. The van der Waals surface area contributed by atoms with E-state index in [2.05, 4.69) is 0 Å². The molecule has 0 radical (unpaired) electrons. The van der Waals surface area contributed by atoms with Gasteiger partial charge in [0.15, 0.2) is 0 Å². The number of anilines is 2. The minimum absolute atomic E-state index is 0.0381. The van der Waals surface area contributed by atoms with E-state index in [9.17, 15) is 9.59 Å². The molecule has 0 spiro atoms. The first-order valence-corrected chi connectivity index (χ1v) is 7.10. The highest BCUT2D eigenvalue weighted by Gasteiger charge is 2.18. The standard InChI is InChI=1S/C16H24N2O3/c1-12(2)11-15(19)18(10-9-16(20)21)14-7-5-13(6-8-14)17(3)4/h5-8,12H,9-11H2,1-4H3,(H,20,21). The van der Waals surface area contributed by atoms with Crippen LogP contribution in [0.2, 0.25) is 0 Å². The van der Waals surface area contributed by atoms with Crippen molar-refractivity contribution in [1.29, 1.82) is 0 Å². The van der Waals surface area contributed by atoms with Crippen molar-refractivity contribution in [2.75, 3.05) is 30.4 Å². The number of carbonyl (C=O) groups excluding carboxylic acids is 1. The Balaban J connectivity index is 2.93. The lowest BCUT2D eigenvalue weighted by Gasteiger charge is -2.24. The van der Waals surface area contributed by atoms with Crippen LogP contribution in [0.4, 0.5) is 11.4 Å². The van der Waals surface area contributed by atoms with Crippen LogP contribution in [0.5, 0.6) is 0 Å². The third-order valence-corrected chi connectivity index (χ3v) is 3.11. The fourth-order valence-corrected chi connectivity index (χ4v) is 2.00. The van der Waals surface area contributed by atoms with E-state index in [0.717, 1.165) is 11.4 Å². The maximum Gasteiger partial charge on any atom is 0.305 e. The van der Waals surface area contributed by atoms with Gasteiger partial charge in [-0.15, -0.1) is 0 Å². The summed E-state index contributed by atoms with van der Waals surface area (Å²) in [6, 6.07) is 7.56. The number of carboxylic acids is 1. The summed E-state index contributed by atoms with van der Waals surface area (Å²) in [5.41, 5.74) is 1.78. The average Bonchev–Trinajstić information content (AvgIpc) is 2.38. The van der Waals surface area contributed by atoms with E-state index in [-0.39, 0.29) is 24.8 Å². The Kier molecular flexibility index (Phi) is 6.21. The number of aliphatic carboxylic acids is 1. The van der Waals surface area contributed by atoms with Gasteiger partial charge in [-0.3, -0.25) is 9.59 Å². The van der Waals surface area contributed by atoms with E-state index < -0.39 is 5.97 Å². The van der Waals surface area contributed by atoms with E-state index in [1.54, 1.807) is 4.90 Å². The fraction of sp³-hybridized carbons (Fsp3) is 0.500. The molecule has 0 aliphatic carbocycles. The van der Waals surface area contributed by atoms with E-state index >= 15 is 0 Å². The zero-order valence-corrected chi connectivity index (χ0v) is 13.2. The van der Waals surface area contributed by atoms with Crippen molar-refractivity contribution in [1.82, 2.24) is 0 Å². The third kappa shape index (κ3) is 5.45. The summed E-state index contributed by atoms with van der Waals surface area (Å²) in [7, 11) is 3.89. The quantitative estimate of drug-likeness (QED) is 0.839. The number of carboxylic acid groups (broad SMARTS) is 1. The number of hydrogen-bond acceptors (Lipinski definition) is 3. The van der Waals surface area contributed by atoms with E-state index in [1.165, 1.54) is 0 Å². The molecule has 0 aliphatic heterocycles. The van der Waals surface area contributed by atoms with Crippen LogP contribution < -0.4 is 9.80 Å². The van der Waals surface area contributed by atoms with E-state index in [4.69, 9.17) is 5.11 Å². The summed E-state index contributed by atoms with van der Waals surface area (Å²) in [5, 5.41) is 8.85. The van der Waals surface area contributed by atoms with Gasteiger partial charge in [-0.2, -0.15) is 0 Å². The number of amides is 1. The van der Waals surface area contributed by atoms with Gasteiger partial charge >= 0.3 is 5.97 Å². The van der Waals surface area contributed by atoms with Crippen LogP contribution in [0, 0.1) is 5.92 Å². The molecule has 1 amide bonds. The molecule has 0 fully saturated rings. The molecule has 116 valence electrons. The van der Waals surface area contributed by atoms with Gasteiger partial charge in [-0.1, -0.05) is 13.8 Å². The van der Waals surface area contributed by atoms with Crippen molar-refractivity contribution in [3.05, 3.63) is 24.3 Å². The highest BCUT2D eigenvalue weighted by atomic mass is 16.4. The van der Waals surface area contributed by atoms with Crippen molar-refractivity contribution in [2.24, 2.45) is 5.92 Å². The van der Waals surface area contributed by atoms with Gasteiger partial charge in [-0.25, -0.2) is 0 Å². The fourth-order valence-electron chi connectivity index (χ4n) is 2.00. The van der Waals surface area contributed by atoms with Crippen molar-refractivity contribution >= 4 is 23.3 Å². The highest BCUT2D eigenvalue weighted by molar-refractivity contribution is 5.94. The molecule has 5 heteroatoms. The average molecular weight is 292 g/mol. The van der Waals surface area contributed by atoms with Gasteiger partial charge < -0.3 is 14.9 Å². The maximum atomic E-state index is 12.3. The van der Waals surface area contributed by atoms with Gasteiger partial charge in [0.25, 0.3) is 0 Å². The number of benzene rings is 1. The molecule has 0 saturated heterocycles. The Labute approximate surface area is 126 Å². The van der Waals surface area contributed by atoms with E-state index in [0.29, 0.717) is 6.42 Å². The summed E-state index contributed by atoms with van der Waals surface area (Å²) in [5.74, 6) is -0.697. The number of rotatable bonds is 7. The zero-order valence-electron chi connectivity index (χ0n) is 13.2. The SMILES string of the molecule is CC(C)CC(=O)N(CCC(=O)O)c1ccc(N(C)C)cc1. The molecule has 0 bridgehead atoms. The highest BCUT2D eigenvalue weighted by Crippen LogP contribution is 2.21. The van der Waals surface area contributed by atoms with Crippen LogP contribution in [0.3, 0.4) is 0 Å². The maximum absolute atomic E-state index is 12.3. The molecule has 0 saturated carbocycles. The Morgan fingerprint density at radius 3 is 2.05 bits per heavy atom. The van der Waals surface area contributed by atoms with Gasteiger partial charge in [0, 0.05) is 38.4 Å². The van der Waals surface area contributed by atoms with Crippen LogP contribution in [0.15, 0.2) is 24.3 Å². The molecule has 1 rings (SSSR count). The van der Waals surface area contributed by atoms with Crippen molar-refractivity contribution < 1.29 is 14.7 Å². The van der Waals surface area contributed by atoms with Crippen LogP contribution in [-0.4, -0.2) is 37.6 Å². The molecule has 0 aliphatic rings. The Morgan fingerprint density at radius 2 is 1.62 bits per heavy atom. The summed E-state index contributed by atoms with van der Waals surface area (Å²) < 4.78 is 0. The Bertz CT molecular complexity index is 481. The third-order valence-electron chi connectivity index (χ3n) is 3.11. The normalized spacial score (nSPS) is 10.5. The smallest absolute Gasteiger partial charge is 0.305 e. The lowest BCUT2D eigenvalue weighted by molar-refractivity contribution is -0.136. The van der Waals surface area contributed by atoms with Crippen LogP contribution in [0.1, 0.15) is 26.7 Å². The minimum Gasteiger partial charge on any atom is -0.481 e. The first-order valence-electron chi connectivity index (χ1n) is 7.10. The summed E-state index contributed by atoms with van der Waals surface area (Å²) in [6.45, 7) is 4.15. The molecular formula is C16H24N2O3. The van der Waals surface area contributed by atoms with Crippen molar-refractivity contribution in [2.45, 2.75) is 26.7 Å². The second kappa shape index (κ2) is 7.67. The van der Waals surface area contributed by atoms with Gasteiger partial charge in [-0.05, 0) is 30.2 Å². The van der Waals surface area contributed by atoms with Crippen LogP contribution in [0.25, 0.3) is 0 Å². The van der Waals surface area contributed by atoms with Gasteiger partial charge in [0.05, 0.1) is 6.42 Å². The second-order valence-electron chi connectivity index (χ2n) is 5.70. The topological polar surface area (TPSA) is 60.9 Å². The van der Waals surface area contributed by atoms with Crippen LogP contribution >= 0.6 is 0 Å². The zero-order chi connectivity index (χ0) is 16.0. The molecule has 0 aromatic heterocycles. The molecule has 0 heterocycles. The molecule has 1 N–H and O–H groups in total.